The van der Waals surface area contributed by atoms with Gasteiger partial charge in [0.2, 0.25) is 0 Å². The van der Waals surface area contributed by atoms with Crippen molar-refractivity contribution in [1.29, 1.82) is 0 Å². The number of rotatable bonds is 3. The largest absolute Gasteiger partial charge is 0.330 e. The minimum Gasteiger partial charge on any atom is -0.330 e. The molecule has 0 aromatic heterocycles. The number of hydrogen-bond donors (Lipinski definition) is 2. The molecule has 84 valence electrons. The number of nitrogens with one attached hydrogen (secondary N) is 1. The number of nitrogens with two attached hydrogens (primary N) is 1. The van der Waals surface area contributed by atoms with Crippen molar-refractivity contribution in [2.45, 2.75) is 58.1 Å². The maximum absolute atomic E-state index is 5.74. The smallest absolute Gasteiger partial charge is 0.0813 e. The van der Waals surface area contributed by atoms with Gasteiger partial charge in [-0.2, -0.15) is 5.48 Å². The van der Waals surface area contributed by atoms with Gasteiger partial charge in [-0.25, -0.2) is 0 Å². The first-order valence-electron chi connectivity index (χ1n) is 5.66. The molecular formula is C11H24N2O. The Kier molecular flexibility index (Phi) is 4.35. The fraction of sp³-hybridized carbons (Fsp3) is 1.00. The van der Waals surface area contributed by atoms with Crippen LogP contribution in [-0.4, -0.2) is 18.2 Å². The molecule has 3 heteroatoms. The third-order valence-corrected chi connectivity index (χ3v) is 2.73. The van der Waals surface area contributed by atoms with E-state index in [1.54, 1.807) is 0 Å². The fourth-order valence-corrected chi connectivity index (χ4v) is 1.90. The Hall–Kier alpha value is -0.120. The van der Waals surface area contributed by atoms with Gasteiger partial charge in [-0.1, -0.05) is 12.8 Å². The predicted octanol–water partition coefficient (Wildman–Crippen LogP) is 1.82. The van der Waals surface area contributed by atoms with Crippen molar-refractivity contribution >= 4 is 0 Å². The number of hydroxylamine groups is 1. The van der Waals surface area contributed by atoms with Gasteiger partial charge in [-0.15, -0.1) is 0 Å². The Morgan fingerprint density at radius 2 is 1.93 bits per heavy atom. The van der Waals surface area contributed by atoms with E-state index in [4.69, 9.17) is 10.6 Å². The van der Waals surface area contributed by atoms with Crippen molar-refractivity contribution in [2.75, 3.05) is 6.54 Å². The van der Waals surface area contributed by atoms with E-state index in [-0.39, 0.29) is 5.60 Å². The Morgan fingerprint density at radius 3 is 2.50 bits per heavy atom. The van der Waals surface area contributed by atoms with E-state index in [1.165, 1.54) is 25.7 Å². The van der Waals surface area contributed by atoms with Gasteiger partial charge in [-0.05, 0) is 46.1 Å². The third-order valence-electron chi connectivity index (χ3n) is 2.73. The summed E-state index contributed by atoms with van der Waals surface area (Å²) in [5, 5.41) is 0. The molecule has 1 aliphatic carbocycles. The first-order valence-corrected chi connectivity index (χ1v) is 5.66. The topological polar surface area (TPSA) is 47.3 Å². The molecule has 0 aromatic carbocycles. The van der Waals surface area contributed by atoms with Crippen LogP contribution >= 0.6 is 0 Å². The van der Waals surface area contributed by atoms with Gasteiger partial charge in [0.15, 0.2) is 0 Å². The zero-order valence-electron chi connectivity index (χ0n) is 9.68. The van der Waals surface area contributed by atoms with Crippen molar-refractivity contribution in [2.24, 2.45) is 11.7 Å². The molecule has 0 bridgehead atoms. The maximum atomic E-state index is 5.74. The molecule has 0 saturated heterocycles. The van der Waals surface area contributed by atoms with Crippen molar-refractivity contribution < 1.29 is 4.84 Å². The highest BCUT2D eigenvalue weighted by Gasteiger charge is 2.25. The molecule has 3 nitrogen and oxygen atoms in total. The summed E-state index contributed by atoms with van der Waals surface area (Å²) in [5.74, 6) is 0.589. The first kappa shape index (κ1) is 12.0. The Bertz CT molecular complexity index is 165. The summed E-state index contributed by atoms with van der Waals surface area (Å²) < 4.78 is 0. The molecule has 0 aliphatic heterocycles. The summed E-state index contributed by atoms with van der Waals surface area (Å²) in [5.41, 5.74) is 8.81. The maximum Gasteiger partial charge on any atom is 0.0813 e. The van der Waals surface area contributed by atoms with Crippen LogP contribution in [0.15, 0.2) is 0 Å². The first-order chi connectivity index (χ1) is 6.53. The van der Waals surface area contributed by atoms with E-state index in [0.717, 1.165) is 6.54 Å². The summed E-state index contributed by atoms with van der Waals surface area (Å²) in [6, 6.07) is 0.452. The molecule has 0 aromatic rings. The molecule has 1 fully saturated rings. The van der Waals surface area contributed by atoms with Crippen molar-refractivity contribution in [3.63, 3.8) is 0 Å². The minimum absolute atomic E-state index is 0.114. The summed E-state index contributed by atoms with van der Waals surface area (Å²) in [6.45, 7) is 6.94. The monoisotopic (exact) mass is 200 g/mol. The second-order valence-electron chi connectivity index (χ2n) is 5.22. The normalized spacial score (nSPS) is 29.1. The van der Waals surface area contributed by atoms with Crippen LogP contribution in [0.25, 0.3) is 0 Å². The zero-order chi connectivity index (χ0) is 10.6. The minimum atomic E-state index is -0.114. The molecule has 3 N–H and O–H groups in total. The van der Waals surface area contributed by atoms with Gasteiger partial charge in [0.1, 0.15) is 0 Å². The number of hydrogen-bond acceptors (Lipinski definition) is 3. The van der Waals surface area contributed by atoms with Crippen LogP contribution in [0.3, 0.4) is 0 Å². The average molecular weight is 200 g/mol. The Labute approximate surface area is 87.3 Å². The lowest BCUT2D eigenvalue weighted by atomic mass is 9.85. The van der Waals surface area contributed by atoms with Gasteiger partial charge in [0, 0.05) is 6.04 Å². The van der Waals surface area contributed by atoms with Crippen molar-refractivity contribution in [3.8, 4) is 0 Å². The van der Waals surface area contributed by atoms with Crippen LogP contribution in [0, 0.1) is 5.92 Å². The van der Waals surface area contributed by atoms with E-state index in [9.17, 15) is 0 Å². The molecule has 0 heterocycles. The molecule has 2 unspecified atom stereocenters. The highest BCUT2D eigenvalue weighted by molar-refractivity contribution is 4.79. The summed E-state index contributed by atoms with van der Waals surface area (Å²) in [6.07, 6.45) is 5.04. The standard InChI is InChI=1S/C11H24N2O/c1-11(2,3)14-13-10-7-5-4-6-9(10)8-12/h9-10,13H,4-8,12H2,1-3H3. The van der Waals surface area contributed by atoms with Crippen LogP contribution in [0.5, 0.6) is 0 Å². The van der Waals surface area contributed by atoms with Gasteiger partial charge < -0.3 is 5.73 Å². The lowest BCUT2D eigenvalue weighted by Crippen LogP contribution is -2.44. The van der Waals surface area contributed by atoms with Gasteiger partial charge in [-0.3, -0.25) is 4.84 Å². The predicted molar refractivity (Wildman–Crippen MR) is 58.8 cm³/mol. The molecule has 0 spiro atoms. The van der Waals surface area contributed by atoms with Crippen LogP contribution in [0.1, 0.15) is 46.5 Å². The van der Waals surface area contributed by atoms with Gasteiger partial charge in [0.05, 0.1) is 5.60 Å². The van der Waals surface area contributed by atoms with E-state index in [0.29, 0.717) is 12.0 Å². The van der Waals surface area contributed by atoms with Gasteiger partial charge in [0.25, 0.3) is 0 Å². The van der Waals surface area contributed by atoms with Crippen LogP contribution in [0.4, 0.5) is 0 Å². The third kappa shape index (κ3) is 3.95. The van der Waals surface area contributed by atoms with E-state index in [2.05, 4.69) is 26.3 Å². The Morgan fingerprint density at radius 1 is 1.29 bits per heavy atom. The van der Waals surface area contributed by atoms with Crippen molar-refractivity contribution in [1.82, 2.24) is 5.48 Å². The highest BCUT2D eigenvalue weighted by Crippen LogP contribution is 2.24. The SMILES string of the molecule is CC(C)(C)ONC1CCCCC1CN. The highest BCUT2D eigenvalue weighted by atomic mass is 16.7. The lowest BCUT2D eigenvalue weighted by Gasteiger charge is -2.33. The fourth-order valence-electron chi connectivity index (χ4n) is 1.90. The second-order valence-corrected chi connectivity index (χ2v) is 5.22. The lowest BCUT2D eigenvalue weighted by molar-refractivity contribution is -0.100. The molecule has 1 aliphatic rings. The van der Waals surface area contributed by atoms with Crippen LogP contribution < -0.4 is 11.2 Å². The molecule has 14 heavy (non-hydrogen) atoms. The molecular weight excluding hydrogens is 176 g/mol. The Balaban J connectivity index is 2.33. The summed E-state index contributed by atoms with van der Waals surface area (Å²) in [4.78, 5) is 5.60. The molecule has 1 saturated carbocycles. The van der Waals surface area contributed by atoms with E-state index < -0.39 is 0 Å². The summed E-state index contributed by atoms with van der Waals surface area (Å²) >= 11 is 0. The average Bonchev–Trinajstić information content (AvgIpc) is 2.14. The van der Waals surface area contributed by atoms with E-state index in [1.807, 2.05) is 0 Å². The van der Waals surface area contributed by atoms with Crippen molar-refractivity contribution in [3.05, 3.63) is 0 Å². The zero-order valence-corrected chi connectivity index (χ0v) is 9.68. The summed E-state index contributed by atoms with van der Waals surface area (Å²) in [7, 11) is 0. The quantitative estimate of drug-likeness (QED) is 0.683. The molecule has 2 atom stereocenters. The molecule has 1 rings (SSSR count). The van der Waals surface area contributed by atoms with Crippen LogP contribution in [0.2, 0.25) is 0 Å². The molecule has 0 radical (unpaired) electrons. The van der Waals surface area contributed by atoms with E-state index >= 15 is 0 Å². The van der Waals surface area contributed by atoms with Crippen LogP contribution in [-0.2, 0) is 4.84 Å². The van der Waals surface area contributed by atoms with Gasteiger partial charge >= 0.3 is 0 Å². The molecule has 0 amide bonds. The second kappa shape index (κ2) is 5.10.